The van der Waals surface area contributed by atoms with Gasteiger partial charge in [-0.2, -0.15) is 0 Å². The zero-order chi connectivity index (χ0) is 24.4. The second-order valence-electron chi connectivity index (χ2n) is 8.35. The van der Waals surface area contributed by atoms with Gasteiger partial charge in [0.05, 0.1) is 16.2 Å². The summed E-state index contributed by atoms with van der Waals surface area (Å²) in [6.45, 7) is 6.65. The lowest BCUT2D eigenvalue weighted by Gasteiger charge is -2.40. The predicted octanol–water partition coefficient (Wildman–Crippen LogP) is 2.12. The van der Waals surface area contributed by atoms with Crippen LogP contribution in [-0.2, 0) is 14.3 Å². The molecular formula is C24H35IN2O6. The quantitative estimate of drug-likeness (QED) is 0.330. The SMILES string of the molecule is CCOCC(=O)N(CCC(C)C)C1CC(C(=O)NCCO)=CC(Oc2ccccc2I)C1O. The largest absolute Gasteiger partial charge is 0.482 e. The predicted molar refractivity (Wildman–Crippen MR) is 134 cm³/mol. The summed E-state index contributed by atoms with van der Waals surface area (Å²) in [5.41, 5.74) is 0.411. The number of nitrogens with zero attached hydrogens (tertiary/aromatic N) is 1. The molecule has 3 N–H and O–H groups in total. The fourth-order valence-electron chi connectivity index (χ4n) is 3.61. The minimum Gasteiger partial charge on any atom is -0.482 e. The van der Waals surface area contributed by atoms with Crippen LogP contribution in [0.4, 0.5) is 0 Å². The van der Waals surface area contributed by atoms with Crippen LogP contribution in [0, 0.1) is 9.49 Å². The van der Waals surface area contributed by atoms with Crippen molar-refractivity contribution in [3.8, 4) is 5.75 Å². The molecule has 0 bridgehead atoms. The zero-order valence-electron chi connectivity index (χ0n) is 19.5. The Bertz CT molecular complexity index is 816. The molecule has 3 atom stereocenters. The highest BCUT2D eigenvalue weighted by atomic mass is 127. The van der Waals surface area contributed by atoms with Gasteiger partial charge in [-0.25, -0.2) is 0 Å². The molecule has 184 valence electrons. The van der Waals surface area contributed by atoms with Gasteiger partial charge >= 0.3 is 0 Å². The van der Waals surface area contributed by atoms with Crippen molar-refractivity contribution in [3.63, 3.8) is 0 Å². The number of carbonyl (C=O) groups excluding carboxylic acids is 2. The molecule has 3 unspecified atom stereocenters. The van der Waals surface area contributed by atoms with Crippen LogP contribution in [0.15, 0.2) is 35.9 Å². The third kappa shape index (κ3) is 8.24. The first kappa shape index (κ1) is 27.6. The van der Waals surface area contributed by atoms with Crippen LogP contribution in [0.5, 0.6) is 5.75 Å². The van der Waals surface area contributed by atoms with Gasteiger partial charge in [0.25, 0.3) is 0 Å². The van der Waals surface area contributed by atoms with Crippen LogP contribution >= 0.6 is 22.6 Å². The van der Waals surface area contributed by atoms with E-state index in [1.54, 1.807) is 17.0 Å². The number of hydrogen-bond donors (Lipinski definition) is 3. The standard InChI is InChI=1S/C24H35IN2O6/c1-4-32-15-22(29)27(11-9-16(2)3)19-13-17(24(31)26-10-12-28)14-21(23(19)30)33-20-8-6-5-7-18(20)25/h5-8,14,16,19,21,23,28,30H,4,9-13,15H2,1-3H3,(H,26,31). The number of aliphatic hydroxyl groups is 2. The Kier molecular flexibility index (Phi) is 11.6. The molecule has 9 heteroatoms. The van der Waals surface area contributed by atoms with Crippen molar-refractivity contribution in [2.75, 3.05) is 32.9 Å². The summed E-state index contributed by atoms with van der Waals surface area (Å²) in [5, 5.41) is 23.0. The molecular weight excluding hydrogens is 539 g/mol. The fourth-order valence-corrected chi connectivity index (χ4v) is 4.13. The number of rotatable bonds is 12. The Morgan fingerprint density at radius 3 is 2.67 bits per heavy atom. The van der Waals surface area contributed by atoms with Crippen molar-refractivity contribution in [1.29, 1.82) is 0 Å². The molecule has 8 nitrogen and oxygen atoms in total. The number of aliphatic hydroxyl groups excluding tert-OH is 2. The molecule has 0 saturated carbocycles. The highest BCUT2D eigenvalue weighted by Crippen LogP contribution is 2.30. The van der Waals surface area contributed by atoms with Crippen molar-refractivity contribution < 1.29 is 29.3 Å². The van der Waals surface area contributed by atoms with Crippen molar-refractivity contribution in [1.82, 2.24) is 10.2 Å². The number of hydrogen-bond acceptors (Lipinski definition) is 6. The van der Waals surface area contributed by atoms with Crippen LogP contribution in [-0.4, -0.2) is 78.1 Å². The minimum atomic E-state index is -1.03. The average molecular weight is 574 g/mol. The van der Waals surface area contributed by atoms with E-state index in [0.29, 0.717) is 30.4 Å². The maximum Gasteiger partial charge on any atom is 0.248 e. The van der Waals surface area contributed by atoms with E-state index < -0.39 is 18.2 Å². The molecule has 0 aliphatic heterocycles. The normalized spacial score (nSPS) is 20.3. The second-order valence-corrected chi connectivity index (χ2v) is 9.52. The molecule has 33 heavy (non-hydrogen) atoms. The summed E-state index contributed by atoms with van der Waals surface area (Å²) in [4.78, 5) is 27.4. The second kappa shape index (κ2) is 13.9. The summed E-state index contributed by atoms with van der Waals surface area (Å²) < 4.78 is 12.3. The Balaban J connectivity index is 2.37. The van der Waals surface area contributed by atoms with E-state index >= 15 is 0 Å². The molecule has 2 rings (SSSR count). The van der Waals surface area contributed by atoms with Crippen LogP contribution in [0.1, 0.15) is 33.6 Å². The maximum absolute atomic E-state index is 13.0. The molecule has 0 saturated heterocycles. The Morgan fingerprint density at radius 1 is 1.30 bits per heavy atom. The summed E-state index contributed by atoms with van der Waals surface area (Å²) in [6.07, 6.45) is 0.688. The topological polar surface area (TPSA) is 108 Å². The summed E-state index contributed by atoms with van der Waals surface area (Å²) in [6, 6.07) is 6.76. The smallest absolute Gasteiger partial charge is 0.248 e. The highest BCUT2D eigenvalue weighted by Gasteiger charge is 2.40. The van der Waals surface area contributed by atoms with Crippen molar-refractivity contribution in [2.45, 2.75) is 51.9 Å². The van der Waals surface area contributed by atoms with Crippen LogP contribution < -0.4 is 10.1 Å². The van der Waals surface area contributed by atoms with Gasteiger partial charge in [-0.3, -0.25) is 9.59 Å². The number of ether oxygens (including phenoxy) is 2. The first-order chi connectivity index (χ1) is 15.8. The summed E-state index contributed by atoms with van der Waals surface area (Å²) in [5.74, 6) is 0.363. The summed E-state index contributed by atoms with van der Waals surface area (Å²) >= 11 is 2.15. The molecule has 0 fully saturated rings. The van der Waals surface area contributed by atoms with Gasteiger partial charge in [0, 0.05) is 31.7 Å². The molecule has 1 aliphatic carbocycles. The highest BCUT2D eigenvalue weighted by molar-refractivity contribution is 14.1. The minimum absolute atomic E-state index is 0.0876. The Hall–Kier alpha value is -1.69. The third-order valence-corrected chi connectivity index (χ3v) is 6.30. The van der Waals surface area contributed by atoms with E-state index in [1.165, 1.54) is 0 Å². The van der Waals surface area contributed by atoms with Crippen LogP contribution in [0.2, 0.25) is 0 Å². The van der Waals surface area contributed by atoms with Gasteiger partial charge in [-0.05, 0) is 60.1 Å². The number of benzene rings is 1. The average Bonchev–Trinajstić information content (AvgIpc) is 2.79. The molecule has 0 heterocycles. The molecule has 1 aromatic carbocycles. The first-order valence-electron chi connectivity index (χ1n) is 11.3. The Labute approximate surface area is 209 Å². The van der Waals surface area contributed by atoms with Crippen molar-refractivity contribution in [2.24, 2.45) is 5.92 Å². The van der Waals surface area contributed by atoms with Gasteiger partial charge in [-0.1, -0.05) is 26.0 Å². The zero-order valence-corrected chi connectivity index (χ0v) is 21.7. The van der Waals surface area contributed by atoms with E-state index in [-0.39, 0.29) is 38.0 Å². The number of carbonyl (C=O) groups is 2. The van der Waals surface area contributed by atoms with Crippen molar-refractivity contribution >= 4 is 34.4 Å². The number of amides is 2. The Morgan fingerprint density at radius 2 is 2.03 bits per heavy atom. The number of halogens is 1. The molecule has 1 aromatic rings. The lowest BCUT2D eigenvalue weighted by atomic mass is 9.87. The first-order valence-corrected chi connectivity index (χ1v) is 12.4. The van der Waals surface area contributed by atoms with Gasteiger partial charge in [0.2, 0.25) is 11.8 Å². The lowest BCUT2D eigenvalue weighted by Crippen LogP contribution is -2.56. The molecule has 0 radical (unpaired) electrons. The lowest BCUT2D eigenvalue weighted by molar-refractivity contribution is -0.143. The molecule has 0 aromatic heterocycles. The van der Waals surface area contributed by atoms with E-state index in [9.17, 15) is 14.7 Å². The van der Waals surface area contributed by atoms with Gasteiger partial charge in [0.15, 0.2) is 0 Å². The number of nitrogens with one attached hydrogen (secondary N) is 1. The molecule has 1 aliphatic rings. The summed E-state index contributed by atoms with van der Waals surface area (Å²) in [7, 11) is 0. The molecule has 2 amide bonds. The van der Waals surface area contributed by atoms with Crippen LogP contribution in [0.3, 0.4) is 0 Å². The fraction of sp³-hybridized carbons (Fsp3) is 0.583. The maximum atomic E-state index is 13.0. The van der Waals surface area contributed by atoms with E-state index in [1.807, 2.05) is 25.1 Å². The van der Waals surface area contributed by atoms with Crippen molar-refractivity contribution in [3.05, 3.63) is 39.5 Å². The van der Waals surface area contributed by atoms with E-state index in [4.69, 9.17) is 14.6 Å². The monoisotopic (exact) mass is 574 g/mol. The van der Waals surface area contributed by atoms with Gasteiger partial charge < -0.3 is 29.9 Å². The van der Waals surface area contributed by atoms with Gasteiger partial charge in [-0.15, -0.1) is 0 Å². The van der Waals surface area contributed by atoms with Gasteiger partial charge in [0.1, 0.15) is 24.6 Å². The van der Waals surface area contributed by atoms with Crippen LogP contribution in [0.25, 0.3) is 0 Å². The van der Waals surface area contributed by atoms with E-state index in [2.05, 4.69) is 41.8 Å². The van der Waals surface area contributed by atoms with E-state index in [0.717, 1.165) is 9.99 Å². The number of para-hydroxylation sites is 1. The third-order valence-electron chi connectivity index (χ3n) is 5.41. The molecule has 0 spiro atoms.